The van der Waals surface area contributed by atoms with Gasteiger partial charge in [-0.2, -0.15) is 13.2 Å². The molecule has 1 rings (SSSR count). The lowest BCUT2D eigenvalue weighted by Crippen LogP contribution is -2.23. The highest BCUT2D eigenvalue weighted by Gasteiger charge is 2.30. The van der Waals surface area contributed by atoms with Gasteiger partial charge in [-0.15, -0.1) is 0 Å². The van der Waals surface area contributed by atoms with Crippen LogP contribution in [0.25, 0.3) is 0 Å². The Morgan fingerprint density at radius 1 is 1.44 bits per heavy atom. The zero-order valence-electron chi connectivity index (χ0n) is 9.38. The lowest BCUT2D eigenvalue weighted by atomic mass is 10.1. The molecule has 1 aromatic carbocycles. The third kappa shape index (κ3) is 4.23. The van der Waals surface area contributed by atoms with E-state index < -0.39 is 36.0 Å². The largest absolute Gasteiger partial charge is 0.478 e. The maximum absolute atomic E-state index is 13.2. The van der Waals surface area contributed by atoms with Crippen LogP contribution in [-0.4, -0.2) is 23.3 Å². The number of aromatic carboxylic acids is 1. The normalized spacial score (nSPS) is 13.2. The van der Waals surface area contributed by atoms with Gasteiger partial charge in [-0.05, 0) is 25.1 Å². The van der Waals surface area contributed by atoms with E-state index in [1.807, 2.05) is 0 Å². The minimum absolute atomic E-state index is 0.106. The van der Waals surface area contributed by atoms with E-state index in [-0.39, 0.29) is 5.69 Å². The van der Waals surface area contributed by atoms with E-state index in [4.69, 9.17) is 5.11 Å². The summed E-state index contributed by atoms with van der Waals surface area (Å²) in [4.78, 5) is 10.5. The summed E-state index contributed by atoms with van der Waals surface area (Å²) >= 11 is 0. The fourth-order valence-corrected chi connectivity index (χ4v) is 1.46. The summed E-state index contributed by atoms with van der Waals surface area (Å²) in [7, 11) is 0. The molecule has 1 aromatic rings. The van der Waals surface area contributed by atoms with Crippen LogP contribution in [0.4, 0.5) is 23.2 Å². The number of hydrogen-bond acceptors (Lipinski definition) is 2. The molecular formula is C11H11F4NO2. The van der Waals surface area contributed by atoms with Crippen LogP contribution < -0.4 is 5.32 Å². The summed E-state index contributed by atoms with van der Waals surface area (Å²) in [6.07, 6.45) is -5.37. The van der Waals surface area contributed by atoms with Crippen LogP contribution in [0.2, 0.25) is 0 Å². The van der Waals surface area contributed by atoms with Gasteiger partial charge >= 0.3 is 12.1 Å². The molecule has 0 aromatic heterocycles. The van der Waals surface area contributed by atoms with Crippen molar-refractivity contribution < 1.29 is 27.5 Å². The van der Waals surface area contributed by atoms with E-state index in [1.165, 1.54) is 13.0 Å². The molecule has 0 aliphatic heterocycles. The van der Waals surface area contributed by atoms with E-state index in [0.717, 1.165) is 12.1 Å². The quantitative estimate of drug-likeness (QED) is 0.821. The van der Waals surface area contributed by atoms with E-state index in [0.29, 0.717) is 0 Å². The Labute approximate surface area is 100 Å². The molecule has 0 saturated heterocycles. The fourth-order valence-electron chi connectivity index (χ4n) is 1.46. The lowest BCUT2D eigenvalue weighted by molar-refractivity contribution is -0.136. The van der Waals surface area contributed by atoms with Gasteiger partial charge < -0.3 is 10.4 Å². The number of hydrogen-bond donors (Lipinski definition) is 2. The van der Waals surface area contributed by atoms with E-state index in [2.05, 4.69) is 5.32 Å². The number of alkyl halides is 3. The number of anilines is 1. The fraction of sp³-hybridized carbons (Fsp3) is 0.364. The Kier molecular flexibility index (Phi) is 4.15. The second-order valence-electron chi connectivity index (χ2n) is 3.86. The highest BCUT2D eigenvalue weighted by atomic mass is 19.4. The molecule has 0 fully saturated rings. The lowest BCUT2D eigenvalue weighted by Gasteiger charge is -2.17. The monoisotopic (exact) mass is 265 g/mol. The first-order valence-corrected chi connectivity index (χ1v) is 5.05. The number of carboxylic acids is 1. The second-order valence-corrected chi connectivity index (χ2v) is 3.86. The first-order valence-electron chi connectivity index (χ1n) is 5.05. The van der Waals surface area contributed by atoms with Gasteiger partial charge in [0.15, 0.2) is 0 Å². The van der Waals surface area contributed by atoms with Crippen molar-refractivity contribution in [2.45, 2.75) is 25.6 Å². The average molecular weight is 265 g/mol. The van der Waals surface area contributed by atoms with Gasteiger partial charge in [-0.1, -0.05) is 0 Å². The molecule has 1 atom stereocenters. The van der Waals surface area contributed by atoms with Crippen molar-refractivity contribution >= 4 is 11.7 Å². The van der Waals surface area contributed by atoms with Crippen molar-refractivity contribution in [2.24, 2.45) is 0 Å². The molecule has 2 N–H and O–H groups in total. The highest BCUT2D eigenvalue weighted by molar-refractivity contribution is 5.88. The molecule has 3 nitrogen and oxygen atoms in total. The van der Waals surface area contributed by atoms with Gasteiger partial charge in [0, 0.05) is 11.7 Å². The number of rotatable bonds is 4. The number of benzene rings is 1. The van der Waals surface area contributed by atoms with Crippen molar-refractivity contribution in [3.8, 4) is 0 Å². The maximum atomic E-state index is 13.2. The van der Waals surface area contributed by atoms with Crippen LogP contribution in [0, 0.1) is 5.82 Å². The molecule has 0 heterocycles. The summed E-state index contributed by atoms with van der Waals surface area (Å²) in [5.41, 5.74) is -0.418. The summed E-state index contributed by atoms with van der Waals surface area (Å²) in [6.45, 7) is 1.30. The molecule has 7 heteroatoms. The minimum Gasteiger partial charge on any atom is -0.478 e. The molecule has 0 aliphatic rings. The van der Waals surface area contributed by atoms with Gasteiger partial charge in [-0.3, -0.25) is 0 Å². The molecule has 0 bridgehead atoms. The van der Waals surface area contributed by atoms with Crippen molar-refractivity contribution in [3.05, 3.63) is 29.6 Å². The minimum atomic E-state index is -4.31. The van der Waals surface area contributed by atoms with E-state index >= 15 is 0 Å². The predicted octanol–water partition coefficient (Wildman–Crippen LogP) is 3.28. The van der Waals surface area contributed by atoms with Crippen LogP contribution in [-0.2, 0) is 0 Å². The summed E-state index contributed by atoms with van der Waals surface area (Å²) in [6, 6.07) is 2.15. The van der Waals surface area contributed by atoms with Gasteiger partial charge in [0.2, 0.25) is 0 Å². The number of carboxylic acid groups (broad SMARTS) is 1. The SMILES string of the molecule is CC(CC(F)(F)F)Nc1ccc(C(=O)O)c(F)c1. The first-order chi connectivity index (χ1) is 8.19. The molecule has 1 unspecified atom stereocenters. The Bertz CT molecular complexity index is 445. The van der Waals surface area contributed by atoms with E-state index in [9.17, 15) is 22.4 Å². The Balaban J connectivity index is 2.75. The number of halogens is 4. The molecule has 18 heavy (non-hydrogen) atoms. The van der Waals surface area contributed by atoms with Crippen molar-refractivity contribution in [1.82, 2.24) is 0 Å². The summed E-state index contributed by atoms with van der Waals surface area (Å²) in [5, 5.41) is 11.0. The van der Waals surface area contributed by atoms with Crippen LogP contribution >= 0.6 is 0 Å². The van der Waals surface area contributed by atoms with Gasteiger partial charge in [0.25, 0.3) is 0 Å². The van der Waals surface area contributed by atoms with Crippen LogP contribution in [0.1, 0.15) is 23.7 Å². The second kappa shape index (κ2) is 5.24. The van der Waals surface area contributed by atoms with Gasteiger partial charge in [0.05, 0.1) is 12.0 Å². The highest BCUT2D eigenvalue weighted by Crippen LogP contribution is 2.23. The summed E-state index contributed by atoms with van der Waals surface area (Å²) in [5.74, 6) is -2.42. The zero-order valence-corrected chi connectivity index (χ0v) is 9.38. The Morgan fingerprint density at radius 3 is 2.50 bits per heavy atom. The predicted molar refractivity (Wildman–Crippen MR) is 57.1 cm³/mol. The zero-order chi connectivity index (χ0) is 13.9. The smallest absolute Gasteiger partial charge is 0.391 e. The van der Waals surface area contributed by atoms with Gasteiger partial charge in [0.1, 0.15) is 5.82 Å². The third-order valence-electron chi connectivity index (χ3n) is 2.15. The molecule has 0 aliphatic carbocycles. The first kappa shape index (κ1) is 14.3. The summed E-state index contributed by atoms with van der Waals surface area (Å²) < 4.78 is 49.4. The molecule has 100 valence electrons. The van der Waals surface area contributed by atoms with Crippen molar-refractivity contribution in [1.29, 1.82) is 0 Å². The van der Waals surface area contributed by atoms with Crippen LogP contribution in [0.5, 0.6) is 0 Å². The van der Waals surface area contributed by atoms with Gasteiger partial charge in [-0.25, -0.2) is 9.18 Å². The van der Waals surface area contributed by atoms with E-state index in [1.54, 1.807) is 0 Å². The standard InChI is InChI=1S/C11H11F4NO2/c1-6(5-11(13,14)15)16-7-2-3-8(10(17)18)9(12)4-7/h2-4,6,16H,5H2,1H3,(H,17,18). The number of carbonyl (C=O) groups is 1. The third-order valence-corrected chi connectivity index (χ3v) is 2.15. The molecule has 0 radical (unpaired) electrons. The topological polar surface area (TPSA) is 49.3 Å². The van der Waals surface area contributed by atoms with Crippen molar-refractivity contribution in [2.75, 3.05) is 5.32 Å². The Morgan fingerprint density at radius 2 is 2.06 bits per heavy atom. The number of nitrogens with one attached hydrogen (secondary N) is 1. The average Bonchev–Trinajstić information content (AvgIpc) is 2.13. The van der Waals surface area contributed by atoms with Crippen molar-refractivity contribution in [3.63, 3.8) is 0 Å². The maximum Gasteiger partial charge on any atom is 0.391 e. The molecule has 0 saturated carbocycles. The molecule has 0 spiro atoms. The van der Waals surface area contributed by atoms with Crippen LogP contribution in [0.15, 0.2) is 18.2 Å². The molecular weight excluding hydrogens is 254 g/mol. The Hall–Kier alpha value is -1.79. The molecule has 0 amide bonds. The van der Waals surface area contributed by atoms with Crippen LogP contribution in [0.3, 0.4) is 0 Å².